The third-order valence-electron chi connectivity index (χ3n) is 2.13. The van der Waals surface area contributed by atoms with Gasteiger partial charge < -0.3 is 5.73 Å². The normalized spacial score (nSPS) is 12.7. The van der Waals surface area contributed by atoms with Gasteiger partial charge >= 0.3 is 0 Å². The van der Waals surface area contributed by atoms with Crippen LogP contribution in [0.3, 0.4) is 0 Å². The zero-order valence-corrected chi connectivity index (χ0v) is 9.20. The molecule has 0 amide bonds. The van der Waals surface area contributed by atoms with Crippen molar-refractivity contribution >= 4 is 0 Å². The van der Waals surface area contributed by atoms with Gasteiger partial charge in [0.15, 0.2) is 5.82 Å². The molecule has 0 saturated carbocycles. The minimum atomic E-state index is -0.231. The minimum Gasteiger partial charge on any atom is -0.322 e. The fourth-order valence-electron chi connectivity index (χ4n) is 1.39. The van der Waals surface area contributed by atoms with Crippen LogP contribution in [-0.2, 0) is 13.5 Å². The van der Waals surface area contributed by atoms with Crippen LogP contribution in [0, 0.1) is 6.92 Å². The molecule has 2 aromatic heterocycles. The summed E-state index contributed by atoms with van der Waals surface area (Å²) in [4.78, 5) is 9.69. The third-order valence-corrected chi connectivity index (χ3v) is 2.13. The molecule has 0 radical (unpaired) electrons. The van der Waals surface area contributed by atoms with Crippen molar-refractivity contribution in [2.75, 3.05) is 0 Å². The summed E-state index contributed by atoms with van der Waals surface area (Å²) in [6, 6.07) is 1.57. The van der Waals surface area contributed by atoms with E-state index in [0.717, 1.165) is 5.69 Å². The highest BCUT2D eigenvalue weighted by Crippen LogP contribution is 2.10. The molecule has 0 aliphatic rings. The van der Waals surface area contributed by atoms with Crippen LogP contribution in [0.2, 0.25) is 0 Å². The van der Waals surface area contributed by atoms with Crippen LogP contribution in [0.4, 0.5) is 0 Å². The van der Waals surface area contributed by atoms with Crippen molar-refractivity contribution in [1.82, 2.24) is 30.2 Å². The number of rotatable bonds is 3. The first-order valence-electron chi connectivity index (χ1n) is 4.93. The first-order chi connectivity index (χ1) is 7.65. The van der Waals surface area contributed by atoms with E-state index in [1.54, 1.807) is 19.3 Å². The molecular formula is C9H13N7. The smallest absolute Gasteiger partial charge is 0.176 e. The quantitative estimate of drug-likeness (QED) is 0.751. The highest BCUT2D eigenvalue weighted by Gasteiger charge is 2.12. The molecule has 1 atom stereocenters. The Morgan fingerprint density at radius 2 is 2.31 bits per heavy atom. The predicted molar refractivity (Wildman–Crippen MR) is 56.2 cm³/mol. The summed E-state index contributed by atoms with van der Waals surface area (Å²) in [7, 11) is 1.72. The van der Waals surface area contributed by atoms with Gasteiger partial charge in [0, 0.05) is 12.6 Å². The van der Waals surface area contributed by atoms with Crippen LogP contribution in [0.5, 0.6) is 0 Å². The molecule has 0 aliphatic heterocycles. The van der Waals surface area contributed by atoms with E-state index in [-0.39, 0.29) is 6.04 Å². The van der Waals surface area contributed by atoms with Gasteiger partial charge in [0.05, 0.1) is 18.8 Å². The number of aryl methyl sites for hydroxylation is 2. The van der Waals surface area contributed by atoms with Gasteiger partial charge in [-0.2, -0.15) is 4.80 Å². The summed E-state index contributed by atoms with van der Waals surface area (Å²) in [6.07, 6.45) is 2.21. The summed E-state index contributed by atoms with van der Waals surface area (Å²) in [5.41, 5.74) is 6.79. The SMILES string of the molecule is Cc1nccc(C(N)Cc2nnn(C)n2)n1. The monoisotopic (exact) mass is 219 g/mol. The Bertz CT molecular complexity index is 478. The molecule has 7 heteroatoms. The van der Waals surface area contributed by atoms with Crippen LogP contribution in [0.25, 0.3) is 0 Å². The molecule has 0 bridgehead atoms. The highest BCUT2D eigenvalue weighted by atomic mass is 15.6. The highest BCUT2D eigenvalue weighted by molar-refractivity contribution is 5.08. The van der Waals surface area contributed by atoms with E-state index in [0.29, 0.717) is 18.1 Å². The molecule has 2 heterocycles. The maximum absolute atomic E-state index is 6.00. The van der Waals surface area contributed by atoms with Gasteiger partial charge in [0.25, 0.3) is 0 Å². The maximum atomic E-state index is 6.00. The summed E-state index contributed by atoms with van der Waals surface area (Å²) < 4.78 is 0. The van der Waals surface area contributed by atoms with Gasteiger partial charge in [0.1, 0.15) is 5.82 Å². The molecule has 0 aliphatic carbocycles. The fraction of sp³-hybridized carbons (Fsp3) is 0.444. The second-order valence-corrected chi connectivity index (χ2v) is 3.53. The van der Waals surface area contributed by atoms with Crippen molar-refractivity contribution in [3.63, 3.8) is 0 Å². The topological polar surface area (TPSA) is 95.4 Å². The second-order valence-electron chi connectivity index (χ2n) is 3.53. The lowest BCUT2D eigenvalue weighted by atomic mass is 10.1. The zero-order valence-electron chi connectivity index (χ0n) is 9.20. The van der Waals surface area contributed by atoms with Gasteiger partial charge in [0.2, 0.25) is 0 Å². The Balaban J connectivity index is 2.11. The molecule has 16 heavy (non-hydrogen) atoms. The van der Waals surface area contributed by atoms with Crippen LogP contribution < -0.4 is 5.73 Å². The van der Waals surface area contributed by atoms with Crippen LogP contribution in [0.1, 0.15) is 23.4 Å². The fourth-order valence-corrected chi connectivity index (χ4v) is 1.39. The minimum absolute atomic E-state index is 0.231. The molecule has 2 N–H and O–H groups in total. The van der Waals surface area contributed by atoms with Gasteiger partial charge in [-0.05, 0) is 18.2 Å². The van der Waals surface area contributed by atoms with Gasteiger partial charge in [-0.3, -0.25) is 0 Å². The Kier molecular flexibility index (Phi) is 2.86. The lowest BCUT2D eigenvalue weighted by Crippen LogP contribution is -2.16. The average Bonchev–Trinajstić information content (AvgIpc) is 2.64. The van der Waals surface area contributed by atoms with E-state index in [4.69, 9.17) is 5.73 Å². The van der Waals surface area contributed by atoms with Crippen molar-refractivity contribution < 1.29 is 0 Å². The van der Waals surface area contributed by atoms with Gasteiger partial charge in [-0.15, -0.1) is 10.2 Å². The van der Waals surface area contributed by atoms with Crippen molar-refractivity contribution in [3.8, 4) is 0 Å². The number of nitrogens with zero attached hydrogens (tertiary/aromatic N) is 6. The number of hydrogen-bond acceptors (Lipinski definition) is 6. The predicted octanol–water partition coefficient (Wildman–Crippen LogP) is -0.449. The third kappa shape index (κ3) is 2.37. The van der Waals surface area contributed by atoms with Crippen LogP contribution in [-0.4, -0.2) is 30.2 Å². The van der Waals surface area contributed by atoms with Gasteiger partial charge in [-0.1, -0.05) is 0 Å². The molecule has 0 fully saturated rings. The van der Waals surface area contributed by atoms with E-state index in [9.17, 15) is 0 Å². The molecule has 0 saturated heterocycles. The Labute approximate surface area is 92.7 Å². The van der Waals surface area contributed by atoms with Crippen LogP contribution >= 0.6 is 0 Å². The maximum Gasteiger partial charge on any atom is 0.176 e. The number of hydrogen-bond donors (Lipinski definition) is 1. The molecule has 84 valence electrons. The Hall–Kier alpha value is -1.89. The average molecular weight is 219 g/mol. The zero-order chi connectivity index (χ0) is 11.5. The van der Waals surface area contributed by atoms with Crippen molar-refractivity contribution in [3.05, 3.63) is 29.6 Å². The van der Waals surface area contributed by atoms with Crippen molar-refractivity contribution in [2.24, 2.45) is 12.8 Å². The first kappa shape index (κ1) is 10.6. The summed E-state index contributed by atoms with van der Waals surface area (Å²) in [6.45, 7) is 1.83. The van der Waals surface area contributed by atoms with E-state index in [1.807, 2.05) is 6.92 Å². The van der Waals surface area contributed by atoms with Crippen molar-refractivity contribution in [2.45, 2.75) is 19.4 Å². The van der Waals surface area contributed by atoms with E-state index in [2.05, 4.69) is 25.4 Å². The van der Waals surface area contributed by atoms with Crippen molar-refractivity contribution in [1.29, 1.82) is 0 Å². The largest absolute Gasteiger partial charge is 0.322 e. The second kappa shape index (κ2) is 4.31. The molecule has 2 aromatic rings. The molecular weight excluding hydrogens is 206 g/mol. The molecule has 1 unspecified atom stereocenters. The van der Waals surface area contributed by atoms with E-state index < -0.39 is 0 Å². The van der Waals surface area contributed by atoms with Crippen LogP contribution in [0.15, 0.2) is 12.3 Å². The summed E-state index contributed by atoms with van der Waals surface area (Å²) in [5.74, 6) is 1.33. The molecule has 0 spiro atoms. The number of aromatic nitrogens is 6. The lowest BCUT2D eigenvalue weighted by molar-refractivity contribution is 0.619. The standard InChI is InChI=1S/C9H13N7/c1-6-11-4-3-8(12-6)7(10)5-9-13-15-16(2)14-9/h3-4,7H,5,10H2,1-2H3. The summed E-state index contributed by atoms with van der Waals surface area (Å²) >= 11 is 0. The van der Waals surface area contributed by atoms with E-state index >= 15 is 0 Å². The Morgan fingerprint density at radius 3 is 2.94 bits per heavy atom. The Morgan fingerprint density at radius 1 is 1.50 bits per heavy atom. The molecule has 2 rings (SSSR count). The molecule has 0 aromatic carbocycles. The van der Waals surface area contributed by atoms with E-state index in [1.165, 1.54) is 4.80 Å². The number of nitrogens with two attached hydrogens (primary N) is 1. The first-order valence-corrected chi connectivity index (χ1v) is 4.93. The van der Waals surface area contributed by atoms with Gasteiger partial charge in [-0.25, -0.2) is 9.97 Å². The number of tetrazole rings is 1. The summed E-state index contributed by atoms with van der Waals surface area (Å²) in [5, 5.41) is 11.7. The molecule has 7 nitrogen and oxygen atoms in total. The lowest BCUT2D eigenvalue weighted by Gasteiger charge is -2.08.